The highest BCUT2D eigenvalue weighted by Crippen LogP contribution is 2.29. The molecule has 0 aliphatic carbocycles. The van der Waals surface area contributed by atoms with Gasteiger partial charge in [-0.05, 0) is 30.7 Å². The number of benzene rings is 1. The molecule has 1 aliphatic heterocycles. The SMILES string of the molecule is Nc1cc(Br)ccc1[C@H]1CCN1. The first-order valence-electron chi connectivity index (χ1n) is 4.05. The molecular weight excluding hydrogens is 216 g/mol. The van der Waals surface area contributed by atoms with Crippen LogP contribution >= 0.6 is 15.9 Å². The zero-order chi connectivity index (χ0) is 8.55. The highest BCUT2D eigenvalue weighted by Gasteiger charge is 2.20. The fourth-order valence-electron chi connectivity index (χ4n) is 1.42. The summed E-state index contributed by atoms with van der Waals surface area (Å²) in [4.78, 5) is 0. The first-order chi connectivity index (χ1) is 5.77. The van der Waals surface area contributed by atoms with Crippen molar-refractivity contribution >= 4 is 21.6 Å². The van der Waals surface area contributed by atoms with Gasteiger partial charge >= 0.3 is 0 Å². The number of hydrogen-bond donors (Lipinski definition) is 2. The van der Waals surface area contributed by atoms with Crippen LogP contribution in [-0.2, 0) is 0 Å². The van der Waals surface area contributed by atoms with Gasteiger partial charge in [-0.1, -0.05) is 22.0 Å². The number of nitrogen functional groups attached to an aromatic ring is 1. The van der Waals surface area contributed by atoms with Crippen molar-refractivity contribution in [2.75, 3.05) is 12.3 Å². The molecule has 12 heavy (non-hydrogen) atoms. The molecule has 2 nitrogen and oxygen atoms in total. The molecule has 3 heteroatoms. The van der Waals surface area contributed by atoms with Gasteiger partial charge < -0.3 is 11.1 Å². The van der Waals surface area contributed by atoms with Crippen LogP contribution < -0.4 is 11.1 Å². The predicted molar refractivity (Wildman–Crippen MR) is 53.9 cm³/mol. The Morgan fingerprint density at radius 1 is 1.50 bits per heavy atom. The minimum Gasteiger partial charge on any atom is -0.398 e. The van der Waals surface area contributed by atoms with E-state index in [2.05, 4.69) is 27.3 Å². The molecule has 1 fully saturated rings. The third-order valence-corrected chi connectivity index (χ3v) is 2.74. The van der Waals surface area contributed by atoms with E-state index in [0.29, 0.717) is 6.04 Å². The Kier molecular flexibility index (Phi) is 2.07. The van der Waals surface area contributed by atoms with Gasteiger partial charge in [0, 0.05) is 16.2 Å². The largest absolute Gasteiger partial charge is 0.398 e. The molecular formula is C9H11BrN2. The second kappa shape index (κ2) is 3.07. The standard InChI is InChI=1S/C9H11BrN2/c10-6-1-2-7(8(11)5-6)9-3-4-12-9/h1-2,5,9,12H,3-4,11H2/t9-/m1/s1. The number of halogens is 1. The summed E-state index contributed by atoms with van der Waals surface area (Å²) in [5.74, 6) is 0. The summed E-state index contributed by atoms with van der Waals surface area (Å²) >= 11 is 3.38. The molecule has 0 radical (unpaired) electrons. The normalized spacial score (nSPS) is 21.9. The van der Waals surface area contributed by atoms with Crippen molar-refractivity contribution in [1.82, 2.24) is 5.32 Å². The Balaban J connectivity index is 2.31. The van der Waals surface area contributed by atoms with Crippen LogP contribution in [0.4, 0.5) is 5.69 Å². The van der Waals surface area contributed by atoms with E-state index in [1.54, 1.807) is 0 Å². The summed E-state index contributed by atoms with van der Waals surface area (Å²) < 4.78 is 1.04. The lowest BCUT2D eigenvalue weighted by atomic mass is 9.97. The van der Waals surface area contributed by atoms with Gasteiger partial charge in [0.15, 0.2) is 0 Å². The third-order valence-electron chi connectivity index (χ3n) is 2.25. The average molecular weight is 227 g/mol. The Morgan fingerprint density at radius 3 is 2.75 bits per heavy atom. The molecule has 0 unspecified atom stereocenters. The van der Waals surface area contributed by atoms with Gasteiger partial charge in [-0.3, -0.25) is 0 Å². The van der Waals surface area contributed by atoms with Crippen LogP contribution in [0.5, 0.6) is 0 Å². The van der Waals surface area contributed by atoms with Gasteiger partial charge in [-0.2, -0.15) is 0 Å². The maximum atomic E-state index is 5.86. The smallest absolute Gasteiger partial charge is 0.0373 e. The number of anilines is 1. The number of rotatable bonds is 1. The molecule has 1 aliphatic rings. The molecule has 1 saturated heterocycles. The van der Waals surface area contributed by atoms with Crippen LogP contribution in [0, 0.1) is 0 Å². The summed E-state index contributed by atoms with van der Waals surface area (Å²) in [6, 6.07) is 6.55. The monoisotopic (exact) mass is 226 g/mol. The van der Waals surface area contributed by atoms with Gasteiger partial charge in [-0.15, -0.1) is 0 Å². The first-order valence-corrected chi connectivity index (χ1v) is 4.85. The second-order valence-electron chi connectivity index (χ2n) is 3.07. The summed E-state index contributed by atoms with van der Waals surface area (Å²) in [5, 5.41) is 3.33. The van der Waals surface area contributed by atoms with Gasteiger partial charge in [0.25, 0.3) is 0 Å². The minimum atomic E-state index is 0.484. The van der Waals surface area contributed by atoms with Crippen LogP contribution in [0.25, 0.3) is 0 Å². The lowest BCUT2D eigenvalue weighted by Gasteiger charge is -2.29. The summed E-state index contributed by atoms with van der Waals surface area (Å²) in [6.45, 7) is 1.11. The van der Waals surface area contributed by atoms with E-state index in [0.717, 1.165) is 16.7 Å². The molecule has 0 amide bonds. The topological polar surface area (TPSA) is 38.0 Å². The van der Waals surface area contributed by atoms with Crippen LogP contribution in [0.1, 0.15) is 18.0 Å². The summed E-state index contributed by atoms with van der Waals surface area (Å²) in [5.41, 5.74) is 7.96. The number of hydrogen-bond acceptors (Lipinski definition) is 2. The van der Waals surface area contributed by atoms with E-state index < -0.39 is 0 Å². The molecule has 1 heterocycles. The molecule has 64 valence electrons. The van der Waals surface area contributed by atoms with Crippen molar-refractivity contribution in [1.29, 1.82) is 0 Å². The van der Waals surface area contributed by atoms with E-state index in [1.165, 1.54) is 12.0 Å². The lowest BCUT2D eigenvalue weighted by molar-refractivity contribution is 0.384. The van der Waals surface area contributed by atoms with Crippen molar-refractivity contribution in [2.45, 2.75) is 12.5 Å². The summed E-state index contributed by atoms with van der Waals surface area (Å²) in [6.07, 6.45) is 1.20. The molecule has 0 spiro atoms. The van der Waals surface area contributed by atoms with E-state index >= 15 is 0 Å². The lowest BCUT2D eigenvalue weighted by Crippen LogP contribution is -2.35. The van der Waals surface area contributed by atoms with Crippen molar-refractivity contribution in [3.63, 3.8) is 0 Å². The first kappa shape index (κ1) is 8.08. The van der Waals surface area contributed by atoms with Crippen LogP contribution in [0.2, 0.25) is 0 Å². The molecule has 1 aromatic carbocycles. The van der Waals surface area contributed by atoms with Crippen LogP contribution in [-0.4, -0.2) is 6.54 Å². The third kappa shape index (κ3) is 1.34. The molecule has 0 aromatic heterocycles. The fraction of sp³-hybridized carbons (Fsp3) is 0.333. The highest BCUT2D eigenvalue weighted by molar-refractivity contribution is 9.10. The van der Waals surface area contributed by atoms with Gasteiger partial charge in [0.2, 0.25) is 0 Å². The van der Waals surface area contributed by atoms with Crippen LogP contribution in [0.15, 0.2) is 22.7 Å². The highest BCUT2D eigenvalue weighted by atomic mass is 79.9. The van der Waals surface area contributed by atoms with Gasteiger partial charge in [0.1, 0.15) is 0 Å². The van der Waals surface area contributed by atoms with Crippen LogP contribution in [0.3, 0.4) is 0 Å². The Bertz CT molecular complexity index is 295. The van der Waals surface area contributed by atoms with Crippen molar-refractivity contribution in [3.05, 3.63) is 28.2 Å². The predicted octanol–water partition coefficient (Wildman–Crippen LogP) is 2.07. The van der Waals surface area contributed by atoms with Crippen molar-refractivity contribution < 1.29 is 0 Å². The second-order valence-corrected chi connectivity index (χ2v) is 3.98. The summed E-state index contributed by atoms with van der Waals surface area (Å²) in [7, 11) is 0. The van der Waals surface area contributed by atoms with E-state index in [9.17, 15) is 0 Å². The minimum absolute atomic E-state index is 0.484. The molecule has 0 bridgehead atoms. The maximum absolute atomic E-state index is 5.86. The molecule has 2 rings (SSSR count). The fourth-order valence-corrected chi connectivity index (χ4v) is 1.80. The zero-order valence-electron chi connectivity index (χ0n) is 6.68. The quantitative estimate of drug-likeness (QED) is 0.720. The van der Waals surface area contributed by atoms with Gasteiger partial charge in [-0.25, -0.2) is 0 Å². The zero-order valence-corrected chi connectivity index (χ0v) is 8.26. The molecule has 1 aromatic rings. The van der Waals surface area contributed by atoms with Gasteiger partial charge in [0.05, 0.1) is 0 Å². The molecule has 0 saturated carbocycles. The van der Waals surface area contributed by atoms with E-state index in [1.807, 2.05) is 12.1 Å². The van der Waals surface area contributed by atoms with E-state index in [4.69, 9.17) is 5.73 Å². The average Bonchev–Trinajstić information content (AvgIpc) is 1.91. The molecule has 1 atom stereocenters. The Hall–Kier alpha value is -0.540. The maximum Gasteiger partial charge on any atom is 0.0373 e. The van der Waals surface area contributed by atoms with Crippen molar-refractivity contribution in [2.24, 2.45) is 0 Å². The Morgan fingerprint density at radius 2 is 2.25 bits per heavy atom. The van der Waals surface area contributed by atoms with Crippen molar-refractivity contribution in [3.8, 4) is 0 Å². The number of nitrogens with one attached hydrogen (secondary N) is 1. The Labute approximate surface area is 80.3 Å². The molecule has 3 N–H and O–H groups in total. The van der Waals surface area contributed by atoms with E-state index in [-0.39, 0.29) is 0 Å². The number of nitrogens with two attached hydrogens (primary N) is 1.